The van der Waals surface area contributed by atoms with Crippen LogP contribution in [-0.4, -0.2) is 39.2 Å². The monoisotopic (exact) mass is 628 g/mol. The third kappa shape index (κ3) is 6.16. The number of benzene rings is 2. The van der Waals surface area contributed by atoms with Crippen LogP contribution in [0.2, 0.25) is 0 Å². The third-order valence-electron chi connectivity index (χ3n) is 8.34. The van der Waals surface area contributed by atoms with E-state index >= 15 is 0 Å². The number of carbonyl (C=O) groups excluding carboxylic acids is 3. The van der Waals surface area contributed by atoms with E-state index in [1.165, 1.54) is 0 Å². The van der Waals surface area contributed by atoms with Crippen molar-refractivity contribution in [3.8, 4) is 17.1 Å². The topological polar surface area (TPSA) is 172 Å². The fourth-order valence-electron chi connectivity index (χ4n) is 5.69. The molecule has 2 atom stereocenters. The lowest BCUT2D eigenvalue weighted by atomic mass is 9.89. The Balaban J connectivity index is 1.46. The van der Waals surface area contributed by atoms with Gasteiger partial charge in [-0.3, -0.25) is 14.4 Å². The maximum Gasteiger partial charge on any atom is 0.509 e. The molecule has 2 aromatic heterocycles. The van der Waals surface area contributed by atoms with Crippen LogP contribution in [0.1, 0.15) is 61.9 Å². The van der Waals surface area contributed by atoms with Crippen molar-refractivity contribution in [1.82, 2.24) is 9.55 Å². The van der Waals surface area contributed by atoms with Gasteiger partial charge in [-0.25, -0.2) is 9.78 Å². The second-order valence-electron chi connectivity index (χ2n) is 11.4. The number of amides is 1. The van der Waals surface area contributed by atoms with Crippen molar-refractivity contribution in [3.05, 3.63) is 86.7 Å². The highest BCUT2D eigenvalue weighted by molar-refractivity contribution is 5.94. The van der Waals surface area contributed by atoms with Gasteiger partial charge in [-0.1, -0.05) is 26.0 Å². The lowest BCUT2D eigenvalue weighted by Gasteiger charge is -2.30. The quantitative estimate of drug-likeness (QED) is 0.138. The first kappa shape index (κ1) is 32.2. The highest BCUT2D eigenvalue weighted by atomic mass is 16.7. The standard InChI is InChI=1S/C34H36N4O8/c1-5-23-24-13-22(40)11-12-28(24)37-30-25(23)15-38-29(30)14-27(26(32(38)42)17-44-18-39)34(4,6-2)46-33(43)45-16-20-7-9-21(10-8-20)36-31(41)19(3)35/h7-14,18-19,40H,5-6,15-17,35H2,1-4H3,(H,36,41)/t19-,34-/m0/s1. The molecule has 5 rings (SSSR count). The van der Waals surface area contributed by atoms with Crippen LogP contribution in [0, 0.1) is 0 Å². The molecule has 0 radical (unpaired) electrons. The van der Waals surface area contributed by atoms with Gasteiger partial charge in [-0.05, 0) is 74.2 Å². The van der Waals surface area contributed by atoms with E-state index in [1.54, 1.807) is 73.9 Å². The minimum absolute atomic E-state index is 0.103. The summed E-state index contributed by atoms with van der Waals surface area (Å²) in [4.78, 5) is 54.9. The molecule has 0 spiro atoms. The van der Waals surface area contributed by atoms with Gasteiger partial charge < -0.3 is 34.9 Å². The zero-order chi connectivity index (χ0) is 33.2. The van der Waals surface area contributed by atoms with Crippen molar-refractivity contribution in [1.29, 1.82) is 0 Å². The maximum absolute atomic E-state index is 14.0. The number of hydrogen-bond acceptors (Lipinski definition) is 10. The summed E-state index contributed by atoms with van der Waals surface area (Å²) in [7, 11) is 0. The Morgan fingerprint density at radius 2 is 1.87 bits per heavy atom. The number of anilines is 1. The molecule has 4 aromatic rings. The Labute approximate surface area is 265 Å². The number of pyridine rings is 2. The first-order valence-electron chi connectivity index (χ1n) is 15.0. The van der Waals surface area contributed by atoms with Gasteiger partial charge in [-0.2, -0.15) is 0 Å². The summed E-state index contributed by atoms with van der Waals surface area (Å²) in [6.45, 7) is 7.14. The summed E-state index contributed by atoms with van der Waals surface area (Å²) in [5, 5.41) is 13.6. The van der Waals surface area contributed by atoms with E-state index in [4.69, 9.17) is 24.9 Å². The first-order valence-corrected chi connectivity index (χ1v) is 15.0. The van der Waals surface area contributed by atoms with Crippen LogP contribution < -0.4 is 16.6 Å². The number of aryl methyl sites for hydroxylation is 1. The number of phenolic OH excluding ortho intramolecular Hbond substituents is 1. The molecule has 12 heteroatoms. The van der Waals surface area contributed by atoms with E-state index < -0.39 is 23.4 Å². The van der Waals surface area contributed by atoms with E-state index in [0.717, 1.165) is 16.5 Å². The maximum atomic E-state index is 14.0. The Morgan fingerprint density at radius 1 is 1.13 bits per heavy atom. The molecule has 1 amide bonds. The molecular formula is C34H36N4O8. The van der Waals surface area contributed by atoms with Crippen LogP contribution in [0.15, 0.2) is 53.3 Å². The number of nitrogens with zero attached hydrogens (tertiary/aromatic N) is 2. The molecule has 0 saturated heterocycles. The first-order chi connectivity index (χ1) is 22.0. The minimum atomic E-state index is -1.33. The fraction of sp³-hybridized carbons (Fsp3) is 0.324. The SMILES string of the molecule is CCc1c2c(nc3ccc(O)cc13)-c1cc([C@](C)(CC)OC(=O)OCc3ccc(NC(=O)[C@H](C)N)cc3)c(COC=O)c(=O)n1C2. The Morgan fingerprint density at radius 3 is 2.52 bits per heavy atom. The molecule has 46 heavy (non-hydrogen) atoms. The highest BCUT2D eigenvalue weighted by Crippen LogP contribution is 2.40. The van der Waals surface area contributed by atoms with Gasteiger partial charge in [0, 0.05) is 22.2 Å². The van der Waals surface area contributed by atoms with E-state index in [2.05, 4.69) is 5.32 Å². The second kappa shape index (κ2) is 13.0. The molecule has 0 aliphatic carbocycles. The van der Waals surface area contributed by atoms with Crippen LogP contribution in [0.5, 0.6) is 5.75 Å². The van der Waals surface area contributed by atoms with Crippen LogP contribution in [0.25, 0.3) is 22.3 Å². The van der Waals surface area contributed by atoms with Gasteiger partial charge in [0.2, 0.25) is 5.91 Å². The summed E-state index contributed by atoms with van der Waals surface area (Å²) in [5.41, 5.74) is 9.27. The molecular weight excluding hydrogens is 592 g/mol. The molecule has 0 bridgehead atoms. The third-order valence-corrected chi connectivity index (χ3v) is 8.34. The summed E-state index contributed by atoms with van der Waals surface area (Å²) in [6, 6.07) is 12.8. The number of ether oxygens (including phenoxy) is 3. The highest BCUT2D eigenvalue weighted by Gasteiger charge is 2.37. The second-order valence-corrected chi connectivity index (χ2v) is 11.4. The summed E-state index contributed by atoms with van der Waals surface area (Å²) >= 11 is 0. The molecule has 1 aliphatic rings. The van der Waals surface area contributed by atoms with Crippen molar-refractivity contribution >= 4 is 35.1 Å². The average Bonchev–Trinajstić information content (AvgIpc) is 3.41. The van der Waals surface area contributed by atoms with Crippen LogP contribution in [-0.2, 0) is 55.6 Å². The molecule has 2 aromatic carbocycles. The zero-order valence-electron chi connectivity index (χ0n) is 26.1. The van der Waals surface area contributed by atoms with Gasteiger partial charge in [-0.15, -0.1) is 0 Å². The van der Waals surface area contributed by atoms with Gasteiger partial charge in [0.25, 0.3) is 12.0 Å². The Kier molecular flexibility index (Phi) is 9.10. The minimum Gasteiger partial charge on any atom is -0.508 e. The van der Waals surface area contributed by atoms with Crippen molar-refractivity contribution in [2.24, 2.45) is 5.73 Å². The molecule has 1 aliphatic heterocycles. The largest absolute Gasteiger partial charge is 0.509 e. The van der Waals surface area contributed by atoms with Crippen molar-refractivity contribution < 1.29 is 33.7 Å². The normalized spacial score (nSPS) is 13.7. The lowest BCUT2D eigenvalue weighted by molar-refractivity contribution is -0.130. The van der Waals surface area contributed by atoms with E-state index in [-0.39, 0.29) is 49.9 Å². The molecule has 240 valence electrons. The predicted octanol–water partition coefficient (Wildman–Crippen LogP) is 4.63. The van der Waals surface area contributed by atoms with Crippen molar-refractivity contribution in [3.63, 3.8) is 0 Å². The number of phenols is 1. The number of aromatic nitrogens is 2. The summed E-state index contributed by atoms with van der Waals surface area (Å²) in [5.74, 6) is -0.202. The lowest BCUT2D eigenvalue weighted by Crippen LogP contribution is -2.35. The van der Waals surface area contributed by atoms with Crippen LogP contribution in [0.3, 0.4) is 0 Å². The average molecular weight is 629 g/mol. The molecule has 12 nitrogen and oxygen atoms in total. The number of carbonyl (C=O) groups is 3. The van der Waals surface area contributed by atoms with E-state index in [9.17, 15) is 24.3 Å². The predicted molar refractivity (Wildman–Crippen MR) is 170 cm³/mol. The number of aromatic hydroxyl groups is 1. The smallest absolute Gasteiger partial charge is 0.508 e. The zero-order valence-corrected chi connectivity index (χ0v) is 26.1. The summed E-state index contributed by atoms with van der Waals surface area (Å²) in [6.07, 6.45) is -0.0445. The van der Waals surface area contributed by atoms with Crippen LogP contribution >= 0.6 is 0 Å². The van der Waals surface area contributed by atoms with Gasteiger partial charge >= 0.3 is 6.16 Å². The Bertz CT molecular complexity index is 1880. The fourth-order valence-corrected chi connectivity index (χ4v) is 5.69. The molecule has 0 unspecified atom stereocenters. The van der Waals surface area contributed by atoms with Gasteiger partial charge in [0.1, 0.15) is 24.6 Å². The van der Waals surface area contributed by atoms with Crippen LogP contribution in [0.4, 0.5) is 10.5 Å². The van der Waals surface area contributed by atoms with Gasteiger partial charge in [0.05, 0.1) is 35.1 Å². The number of nitrogens with one attached hydrogen (secondary N) is 1. The number of rotatable bonds is 11. The molecule has 0 fully saturated rings. The van der Waals surface area contributed by atoms with E-state index in [1.807, 2.05) is 6.92 Å². The number of hydrogen-bond donors (Lipinski definition) is 3. The van der Waals surface area contributed by atoms with Crippen molar-refractivity contribution in [2.75, 3.05) is 5.32 Å². The number of nitrogens with two attached hydrogens (primary N) is 1. The molecule has 3 heterocycles. The number of fused-ring (bicyclic) bond motifs is 4. The Hall–Kier alpha value is -5.23. The molecule has 0 saturated carbocycles. The van der Waals surface area contributed by atoms with Crippen molar-refractivity contribution in [2.45, 2.75) is 71.9 Å². The van der Waals surface area contributed by atoms with E-state index in [0.29, 0.717) is 40.1 Å². The van der Waals surface area contributed by atoms with Gasteiger partial charge in [0.15, 0.2) is 0 Å². The summed E-state index contributed by atoms with van der Waals surface area (Å²) < 4.78 is 17.9. The molecule has 4 N–H and O–H groups in total.